The molecule has 1 atom stereocenters. The van der Waals surface area contributed by atoms with E-state index in [4.69, 9.17) is 0 Å². The largest absolute Gasteiger partial charge is 0.336 e. The highest BCUT2D eigenvalue weighted by Crippen LogP contribution is 2.29. The zero-order valence-electron chi connectivity index (χ0n) is 14.4. The van der Waals surface area contributed by atoms with Crippen molar-refractivity contribution < 1.29 is 13.2 Å². The molecule has 24 heavy (non-hydrogen) atoms. The third-order valence-electron chi connectivity index (χ3n) is 5.24. The number of hydrogen-bond acceptors (Lipinski definition) is 4. The van der Waals surface area contributed by atoms with Crippen LogP contribution in [-0.2, 0) is 28.1 Å². The van der Waals surface area contributed by atoms with Crippen LogP contribution in [0.4, 0.5) is 0 Å². The number of hydrogen-bond donors (Lipinski definition) is 0. The van der Waals surface area contributed by atoms with Crippen LogP contribution in [0.2, 0.25) is 0 Å². The molecule has 0 aromatic carbocycles. The van der Waals surface area contributed by atoms with Crippen LogP contribution >= 0.6 is 0 Å². The predicted octanol–water partition coefficient (Wildman–Crippen LogP) is 1.70. The van der Waals surface area contributed by atoms with Gasteiger partial charge in [-0.25, -0.2) is 8.42 Å². The van der Waals surface area contributed by atoms with Gasteiger partial charge >= 0.3 is 0 Å². The average molecular weight is 353 g/mol. The molecule has 3 rings (SSSR count). The highest BCUT2D eigenvalue weighted by Gasteiger charge is 2.38. The molecule has 6 nitrogen and oxygen atoms in total. The summed E-state index contributed by atoms with van der Waals surface area (Å²) in [4.78, 5) is 14.9. The van der Waals surface area contributed by atoms with Crippen molar-refractivity contribution in [1.82, 2.24) is 14.7 Å². The Morgan fingerprint density at radius 3 is 2.58 bits per heavy atom. The van der Waals surface area contributed by atoms with E-state index in [9.17, 15) is 13.2 Å². The SMILES string of the molecule is Cn1cc(CCC(=O)N(C2CCCCC2)[C@H]2CCS(=O)(=O)C2)cn1. The molecule has 2 fully saturated rings. The van der Waals surface area contributed by atoms with Gasteiger partial charge in [-0.3, -0.25) is 9.48 Å². The van der Waals surface area contributed by atoms with E-state index in [1.54, 1.807) is 10.9 Å². The summed E-state index contributed by atoms with van der Waals surface area (Å²) >= 11 is 0. The molecule has 7 heteroatoms. The van der Waals surface area contributed by atoms with Crippen molar-refractivity contribution in [3.8, 4) is 0 Å². The van der Waals surface area contributed by atoms with Crippen LogP contribution in [-0.4, -0.2) is 52.6 Å². The molecule has 1 amide bonds. The number of carbonyl (C=O) groups excluding carboxylic acids is 1. The lowest BCUT2D eigenvalue weighted by molar-refractivity contribution is -0.136. The molecule has 134 valence electrons. The van der Waals surface area contributed by atoms with Crippen LogP contribution in [0.25, 0.3) is 0 Å². The molecular weight excluding hydrogens is 326 g/mol. The van der Waals surface area contributed by atoms with Gasteiger partial charge in [-0.05, 0) is 31.2 Å². The van der Waals surface area contributed by atoms with E-state index in [0.717, 1.165) is 31.2 Å². The van der Waals surface area contributed by atoms with Gasteiger partial charge in [0.25, 0.3) is 0 Å². The van der Waals surface area contributed by atoms with Crippen molar-refractivity contribution in [2.75, 3.05) is 11.5 Å². The quantitative estimate of drug-likeness (QED) is 0.808. The molecule has 1 aliphatic carbocycles. The van der Waals surface area contributed by atoms with Crippen LogP contribution in [0.3, 0.4) is 0 Å². The minimum atomic E-state index is -2.98. The Morgan fingerprint density at radius 2 is 2.00 bits per heavy atom. The Labute approximate surface area is 144 Å². The first-order valence-corrected chi connectivity index (χ1v) is 10.8. The topological polar surface area (TPSA) is 72.3 Å². The van der Waals surface area contributed by atoms with E-state index in [2.05, 4.69) is 5.10 Å². The van der Waals surface area contributed by atoms with Crippen LogP contribution < -0.4 is 0 Å². The molecule has 0 unspecified atom stereocenters. The van der Waals surface area contributed by atoms with Crippen molar-refractivity contribution in [2.24, 2.45) is 7.05 Å². The monoisotopic (exact) mass is 353 g/mol. The van der Waals surface area contributed by atoms with Crippen molar-refractivity contribution in [2.45, 2.75) is 63.5 Å². The lowest BCUT2D eigenvalue weighted by Crippen LogP contribution is -2.48. The maximum atomic E-state index is 12.9. The van der Waals surface area contributed by atoms with Gasteiger partial charge in [0.1, 0.15) is 0 Å². The normalized spacial score (nSPS) is 24.1. The second-order valence-electron chi connectivity index (χ2n) is 7.17. The van der Waals surface area contributed by atoms with Crippen molar-refractivity contribution in [1.29, 1.82) is 0 Å². The Hall–Kier alpha value is -1.37. The zero-order chi connectivity index (χ0) is 17.2. The van der Waals surface area contributed by atoms with Gasteiger partial charge in [0, 0.05) is 31.7 Å². The van der Waals surface area contributed by atoms with Gasteiger partial charge in [0.15, 0.2) is 9.84 Å². The molecule has 1 saturated heterocycles. The summed E-state index contributed by atoms with van der Waals surface area (Å²) in [6, 6.07) is 0.0953. The fourth-order valence-electron chi connectivity index (χ4n) is 4.04. The Morgan fingerprint density at radius 1 is 1.25 bits per heavy atom. The third kappa shape index (κ3) is 4.18. The number of amides is 1. The number of carbonyl (C=O) groups is 1. The molecule has 1 aromatic heterocycles. The number of rotatable bonds is 5. The second kappa shape index (κ2) is 7.25. The molecule has 0 bridgehead atoms. The molecule has 2 heterocycles. The second-order valence-corrected chi connectivity index (χ2v) is 9.40. The third-order valence-corrected chi connectivity index (χ3v) is 6.99. The van der Waals surface area contributed by atoms with E-state index >= 15 is 0 Å². The van der Waals surface area contributed by atoms with Crippen molar-refractivity contribution in [3.63, 3.8) is 0 Å². The molecular formula is C17H27N3O3S. The summed E-state index contributed by atoms with van der Waals surface area (Å²) in [6.45, 7) is 0. The fraction of sp³-hybridized carbons (Fsp3) is 0.765. The first kappa shape index (κ1) is 17.5. The van der Waals surface area contributed by atoms with Gasteiger partial charge in [-0.2, -0.15) is 5.10 Å². The maximum Gasteiger partial charge on any atom is 0.223 e. The van der Waals surface area contributed by atoms with Gasteiger partial charge in [-0.1, -0.05) is 19.3 Å². The van der Waals surface area contributed by atoms with Crippen LogP contribution in [0, 0.1) is 0 Å². The highest BCUT2D eigenvalue weighted by molar-refractivity contribution is 7.91. The van der Waals surface area contributed by atoms with Crippen LogP contribution in [0.1, 0.15) is 50.5 Å². The minimum absolute atomic E-state index is 0.104. The number of nitrogens with zero attached hydrogens (tertiary/aromatic N) is 3. The summed E-state index contributed by atoms with van der Waals surface area (Å²) in [5.41, 5.74) is 1.05. The number of sulfone groups is 1. The molecule has 1 aromatic rings. The fourth-order valence-corrected chi connectivity index (χ4v) is 5.75. The summed E-state index contributed by atoms with van der Waals surface area (Å²) in [7, 11) is -1.12. The summed E-state index contributed by atoms with van der Waals surface area (Å²) in [5.74, 6) is 0.465. The van der Waals surface area contributed by atoms with Crippen LogP contribution in [0.15, 0.2) is 12.4 Å². The van der Waals surface area contributed by atoms with Crippen LogP contribution in [0.5, 0.6) is 0 Å². The Balaban J connectivity index is 1.69. The van der Waals surface area contributed by atoms with Gasteiger partial charge < -0.3 is 4.90 Å². The molecule has 2 aliphatic rings. The predicted molar refractivity (Wildman–Crippen MR) is 92.3 cm³/mol. The first-order chi connectivity index (χ1) is 11.4. The molecule has 0 radical (unpaired) electrons. The van der Waals surface area contributed by atoms with Crippen molar-refractivity contribution in [3.05, 3.63) is 18.0 Å². The van der Waals surface area contributed by atoms with E-state index in [-0.39, 0.29) is 29.5 Å². The molecule has 0 spiro atoms. The first-order valence-electron chi connectivity index (χ1n) is 8.94. The highest BCUT2D eigenvalue weighted by atomic mass is 32.2. The van der Waals surface area contributed by atoms with E-state index in [0.29, 0.717) is 19.3 Å². The molecule has 1 saturated carbocycles. The number of aromatic nitrogens is 2. The van der Waals surface area contributed by atoms with E-state index < -0.39 is 9.84 Å². The lowest BCUT2D eigenvalue weighted by atomic mass is 9.92. The maximum absolute atomic E-state index is 12.9. The minimum Gasteiger partial charge on any atom is -0.336 e. The standard InChI is InChI=1S/C17H27N3O3S/c1-19-12-14(11-18-19)7-8-17(21)20(15-5-3-2-4-6-15)16-9-10-24(22,23)13-16/h11-12,15-16H,2-10,13H2,1H3/t16-/m0/s1. The van der Waals surface area contributed by atoms with Gasteiger partial charge in [-0.15, -0.1) is 0 Å². The van der Waals surface area contributed by atoms with Gasteiger partial charge in [0.2, 0.25) is 5.91 Å². The summed E-state index contributed by atoms with van der Waals surface area (Å²) < 4.78 is 25.5. The Bertz CT molecular complexity index is 677. The molecule has 1 aliphatic heterocycles. The summed E-state index contributed by atoms with van der Waals surface area (Å²) in [5, 5.41) is 4.14. The zero-order valence-corrected chi connectivity index (χ0v) is 15.2. The summed E-state index contributed by atoms with van der Waals surface area (Å²) in [6.07, 6.45) is 10.9. The molecule has 0 N–H and O–H groups in total. The van der Waals surface area contributed by atoms with E-state index in [1.807, 2.05) is 18.1 Å². The smallest absolute Gasteiger partial charge is 0.223 e. The van der Waals surface area contributed by atoms with Crippen molar-refractivity contribution >= 4 is 15.7 Å². The lowest BCUT2D eigenvalue weighted by Gasteiger charge is -2.38. The number of aryl methyl sites for hydroxylation is 2. The van der Waals surface area contributed by atoms with E-state index in [1.165, 1.54) is 6.42 Å². The Kier molecular flexibility index (Phi) is 5.27. The van der Waals surface area contributed by atoms with Gasteiger partial charge in [0.05, 0.1) is 17.7 Å². The average Bonchev–Trinajstić information content (AvgIpc) is 3.12.